The molecule has 1 N–H and O–H groups in total. The van der Waals surface area contributed by atoms with Crippen molar-refractivity contribution >= 4 is 15.9 Å². The second-order valence-electron chi connectivity index (χ2n) is 5.93. The lowest BCUT2D eigenvalue weighted by atomic mass is 10.2. The van der Waals surface area contributed by atoms with E-state index in [1.807, 2.05) is 0 Å². The zero-order valence-electron chi connectivity index (χ0n) is 14.8. The van der Waals surface area contributed by atoms with E-state index >= 15 is 0 Å². The molecular weight excluding hydrogens is 344 g/mol. The monoisotopic (exact) mass is 370 g/mol. The first kappa shape index (κ1) is 19.7. The number of ether oxygens (including phenoxy) is 2. The SMILES string of the molecule is COCCNC(=O)c1ccc(OC)c(S(=O)(=O)N2CCCCCC2)c1. The van der Waals surface area contributed by atoms with E-state index in [1.54, 1.807) is 13.2 Å². The summed E-state index contributed by atoms with van der Waals surface area (Å²) in [6.45, 7) is 1.74. The average Bonchev–Trinajstić information content (AvgIpc) is 2.91. The number of nitrogens with zero attached hydrogens (tertiary/aromatic N) is 1. The Morgan fingerprint density at radius 3 is 2.44 bits per heavy atom. The van der Waals surface area contributed by atoms with Crippen LogP contribution in [0.5, 0.6) is 5.75 Å². The molecule has 140 valence electrons. The van der Waals surface area contributed by atoms with Crippen LogP contribution in [0.2, 0.25) is 0 Å². The number of hydrogen-bond acceptors (Lipinski definition) is 5. The van der Waals surface area contributed by atoms with Crippen LogP contribution in [0.1, 0.15) is 36.0 Å². The van der Waals surface area contributed by atoms with Crippen molar-refractivity contribution in [1.82, 2.24) is 9.62 Å². The smallest absolute Gasteiger partial charge is 0.251 e. The van der Waals surface area contributed by atoms with Gasteiger partial charge in [-0.15, -0.1) is 0 Å². The van der Waals surface area contributed by atoms with Crippen LogP contribution in [-0.4, -0.2) is 59.1 Å². The van der Waals surface area contributed by atoms with E-state index in [0.717, 1.165) is 25.7 Å². The van der Waals surface area contributed by atoms with Crippen molar-refractivity contribution in [1.29, 1.82) is 0 Å². The number of benzene rings is 1. The molecule has 0 unspecified atom stereocenters. The zero-order valence-corrected chi connectivity index (χ0v) is 15.6. The predicted octanol–water partition coefficient (Wildman–Crippen LogP) is 1.64. The van der Waals surface area contributed by atoms with Gasteiger partial charge in [-0.3, -0.25) is 4.79 Å². The van der Waals surface area contributed by atoms with Gasteiger partial charge < -0.3 is 14.8 Å². The number of methoxy groups -OCH3 is 2. The summed E-state index contributed by atoms with van der Waals surface area (Å²) >= 11 is 0. The maximum absolute atomic E-state index is 13.0. The highest BCUT2D eigenvalue weighted by Crippen LogP contribution is 2.29. The molecule has 0 bridgehead atoms. The molecule has 0 spiro atoms. The second kappa shape index (κ2) is 9.17. The van der Waals surface area contributed by atoms with Crippen LogP contribution in [0.4, 0.5) is 0 Å². The Morgan fingerprint density at radius 1 is 1.16 bits per heavy atom. The van der Waals surface area contributed by atoms with Crippen molar-refractivity contribution in [2.45, 2.75) is 30.6 Å². The van der Waals surface area contributed by atoms with Crippen LogP contribution < -0.4 is 10.1 Å². The van der Waals surface area contributed by atoms with Gasteiger partial charge in [-0.25, -0.2) is 8.42 Å². The minimum absolute atomic E-state index is 0.0382. The first-order valence-electron chi connectivity index (χ1n) is 8.46. The van der Waals surface area contributed by atoms with Crippen LogP contribution in [0.25, 0.3) is 0 Å². The Labute approximate surface area is 149 Å². The minimum Gasteiger partial charge on any atom is -0.495 e. The Hall–Kier alpha value is -1.64. The maximum Gasteiger partial charge on any atom is 0.251 e. The first-order valence-corrected chi connectivity index (χ1v) is 9.90. The third-order valence-electron chi connectivity index (χ3n) is 4.20. The number of rotatable bonds is 7. The number of sulfonamides is 1. The molecule has 8 heteroatoms. The molecule has 1 aromatic rings. The van der Waals surface area contributed by atoms with Gasteiger partial charge in [0.1, 0.15) is 10.6 Å². The third-order valence-corrected chi connectivity index (χ3v) is 6.12. The molecular formula is C17H26N2O5S. The van der Waals surface area contributed by atoms with Gasteiger partial charge in [0.25, 0.3) is 5.91 Å². The van der Waals surface area contributed by atoms with Gasteiger partial charge in [0.15, 0.2) is 0 Å². The zero-order chi connectivity index (χ0) is 18.3. The Morgan fingerprint density at radius 2 is 1.84 bits per heavy atom. The molecule has 1 saturated heterocycles. The molecule has 0 radical (unpaired) electrons. The van der Waals surface area contributed by atoms with E-state index in [1.165, 1.54) is 23.5 Å². The summed E-state index contributed by atoms with van der Waals surface area (Å²) in [5.74, 6) is -0.0929. The van der Waals surface area contributed by atoms with Crippen molar-refractivity contribution in [3.05, 3.63) is 23.8 Å². The minimum atomic E-state index is -3.71. The largest absolute Gasteiger partial charge is 0.495 e. The molecule has 2 rings (SSSR count). The molecule has 0 aromatic heterocycles. The lowest BCUT2D eigenvalue weighted by Crippen LogP contribution is -2.32. The average molecular weight is 370 g/mol. The number of amides is 1. The summed E-state index contributed by atoms with van der Waals surface area (Å²) in [7, 11) is -0.733. The Bertz CT molecular complexity index is 682. The van der Waals surface area contributed by atoms with E-state index in [9.17, 15) is 13.2 Å². The Balaban J connectivity index is 2.30. The van der Waals surface area contributed by atoms with Crippen molar-refractivity contribution in [3.63, 3.8) is 0 Å². The maximum atomic E-state index is 13.0. The molecule has 1 fully saturated rings. The highest BCUT2D eigenvalue weighted by Gasteiger charge is 2.29. The van der Waals surface area contributed by atoms with Crippen LogP contribution in [-0.2, 0) is 14.8 Å². The molecule has 1 aliphatic heterocycles. The van der Waals surface area contributed by atoms with E-state index in [0.29, 0.717) is 26.2 Å². The lowest BCUT2D eigenvalue weighted by Gasteiger charge is -2.21. The molecule has 7 nitrogen and oxygen atoms in total. The van der Waals surface area contributed by atoms with Crippen molar-refractivity contribution in [3.8, 4) is 5.75 Å². The van der Waals surface area contributed by atoms with Crippen molar-refractivity contribution in [2.75, 3.05) is 40.5 Å². The molecule has 0 saturated carbocycles. The normalized spacial score (nSPS) is 16.2. The van der Waals surface area contributed by atoms with Crippen LogP contribution in [0.15, 0.2) is 23.1 Å². The first-order chi connectivity index (χ1) is 12.0. The van der Waals surface area contributed by atoms with E-state index in [-0.39, 0.29) is 22.1 Å². The van der Waals surface area contributed by atoms with E-state index < -0.39 is 10.0 Å². The highest BCUT2D eigenvalue weighted by molar-refractivity contribution is 7.89. The van der Waals surface area contributed by atoms with Gasteiger partial charge in [-0.05, 0) is 31.0 Å². The summed E-state index contributed by atoms with van der Waals surface area (Å²) < 4.78 is 37.7. The summed E-state index contributed by atoms with van der Waals surface area (Å²) in [6, 6.07) is 4.47. The topological polar surface area (TPSA) is 84.9 Å². The van der Waals surface area contributed by atoms with Crippen LogP contribution in [0.3, 0.4) is 0 Å². The highest BCUT2D eigenvalue weighted by atomic mass is 32.2. The standard InChI is InChI=1S/C17H26N2O5S/c1-23-12-9-18-17(20)14-7-8-15(24-2)16(13-14)25(21,22)19-10-5-3-4-6-11-19/h7-8,13H,3-6,9-12H2,1-2H3,(H,18,20). The molecule has 1 aliphatic rings. The predicted molar refractivity (Wildman–Crippen MR) is 94.4 cm³/mol. The lowest BCUT2D eigenvalue weighted by molar-refractivity contribution is 0.0937. The fourth-order valence-corrected chi connectivity index (χ4v) is 4.51. The summed E-state index contributed by atoms with van der Waals surface area (Å²) in [4.78, 5) is 12.3. The summed E-state index contributed by atoms with van der Waals surface area (Å²) in [6.07, 6.45) is 3.76. The van der Waals surface area contributed by atoms with Crippen molar-refractivity contribution < 1.29 is 22.7 Å². The third kappa shape index (κ3) is 4.93. The molecule has 1 aromatic carbocycles. The van der Waals surface area contributed by atoms with Crippen LogP contribution in [0, 0.1) is 0 Å². The number of hydrogen-bond donors (Lipinski definition) is 1. The Kier molecular flexibility index (Phi) is 7.22. The molecule has 1 amide bonds. The number of carbonyl (C=O) groups excluding carboxylic acids is 1. The molecule has 25 heavy (non-hydrogen) atoms. The fraction of sp³-hybridized carbons (Fsp3) is 0.588. The van der Waals surface area contributed by atoms with E-state index in [4.69, 9.17) is 9.47 Å². The summed E-state index contributed by atoms with van der Waals surface area (Å²) in [5, 5.41) is 2.69. The van der Waals surface area contributed by atoms with Gasteiger partial charge in [0.05, 0.1) is 13.7 Å². The number of nitrogens with one attached hydrogen (secondary N) is 1. The van der Waals surface area contributed by atoms with Gasteiger partial charge >= 0.3 is 0 Å². The quantitative estimate of drug-likeness (QED) is 0.738. The molecule has 1 heterocycles. The van der Waals surface area contributed by atoms with E-state index in [2.05, 4.69) is 5.32 Å². The number of carbonyl (C=O) groups is 1. The molecule has 0 aliphatic carbocycles. The van der Waals surface area contributed by atoms with Gasteiger partial charge in [-0.2, -0.15) is 4.31 Å². The molecule has 0 atom stereocenters. The summed E-state index contributed by atoms with van der Waals surface area (Å²) in [5.41, 5.74) is 0.283. The van der Waals surface area contributed by atoms with Gasteiger partial charge in [-0.1, -0.05) is 12.8 Å². The van der Waals surface area contributed by atoms with Gasteiger partial charge in [0, 0.05) is 32.3 Å². The second-order valence-corrected chi connectivity index (χ2v) is 7.84. The van der Waals surface area contributed by atoms with Gasteiger partial charge in [0.2, 0.25) is 10.0 Å². The fourth-order valence-electron chi connectivity index (χ4n) is 2.81. The van der Waals surface area contributed by atoms with Crippen molar-refractivity contribution in [2.24, 2.45) is 0 Å². The van der Waals surface area contributed by atoms with Crippen LogP contribution >= 0.6 is 0 Å².